The Morgan fingerprint density at radius 1 is 1.47 bits per heavy atom. The Kier molecular flexibility index (Phi) is 3.24. The Bertz CT molecular complexity index is 601. The summed E-state index contributed by atoms with van der Waals surface area (Å²) in [6, 6.07) is 7.35. The third-order valence-corrected chi connectivity index (χ3v) is 2.88. The van der Waals surface area contributed by atoms with Gasteiger partial charge in [0.1, 0.15) is 5.75 Å². The maximum atomic E-state index is 10.6. The standard InChI is InChI=1S/C11H10N2O3S/c1-16-9-5-3-2-4-8(9)13-6-7-17-10(13)12-11(14)15/h2-7H,1H3,(H,14,15)/b12-10+. The van der Waals surface area contributed by atoms with Crippen LogP contribution in [0.25, 0.3) is 5.69 Å². The van der Waals surface area contributed by atoms with Crippen LogP contribution in [0.3, 0.4) is 0 Å². The molecule has 0 spiro atoms. The molecule has 0 fully saturated rings. The van der Waals surface area contributed by atoms with Crippen LogP contribution in [-0.2, 0) is 0 Å². The van der Waals surface area contributed by atoms with Crippen LogP contribution in [-0.4, -0.2) is 22.9 Å². The Balaban J connectivity index is 2.62. The highest BCUT2D eigenvalue weighted by Gasteiger charge is 2.06. The molecule has 88 valence electrons. The second-order valence-electron chi connectivity index (χ2n) is 3.12. The molecular weight excluding hydrogens is 240 g/mol. The van der Waals surface area contributed by atoms with Gasteiger partial charge in [0.2, 0.25) is 4.80 Å². The molecular formula is C11H10N2O3S. The van der Waals surface area contributed by atoms with E-state index in [2.05, 4.69) is 4.99 Å². The minimum Gasteiger partial charge on any atom is -0.495 e. The summed E-state index contributed by atoms with van der Waals surface area (Å²) >= 11 is 1.25. The van der Waals surface area contributed by atoms with Crippen molar-refractivity contribution >= 4 is 17.4 Å². The van der Waals surface area contributed by atoms with Crippen LogP contribution in [0, 0.1) is 0 Å². The van der Waals surface area contributed by atoms with Crippen molar-refractivity contribution in [2.24, 2.45) is 4.99 Å². The Morgan fingerprint density at radius 3 is 2.94 bits per heavy atom. The maximum absolute atomic E-state index is 10.6. The number of nitrogens with zero attached hydrogens (tertiary/aromatic N) is 2. The molecule has 0 bridgehead atoms. The van der Waals surface area contributed by atoms with Crippen molar-refractivity contribution in [3.8, 4) is 11.4 Å². The number of hydrogen-bond donors (Lipinski definition) is 1. The van der Waals surface area contributed by atoms with Gasteiger partial charge >= 0.3 is 6.09 Å². The van der Waals surface area contributed by atoms with Crippen molar-refractivity contribution in [2.45, 2.75) is 0 Å². The molecule has 17 heavy (non-hydrogen) atoms. The minimum absolute atomic E-state index is 0.391. The zero-order valence-electron chi connectivity index (χ0n) is 9.03. The monoisotopic (exact) mass is 250 g/mol. The molecule has 0 aliphatic heterocycles. The molecule has 1 amide bonds. The van der Waals surface area contributed by atoms with Gasteiger partial charge in [-0.15, -0.1) is 16.3 Å². The number of thiazole rings is 1. The van der Waals surface area contributed by atoms with Crippen LogP contribution in [0.2, 0.25) is 0 Å². The first-order chi connectivity index (χ1) is 8.22. The molecule has 0 aliphatic rings. The highest BCUT2D eigenvalue weighted by molar-refractivity contribution is 7.07. The van der Waals surface area contributed by atoms with Gasteiger partial charge in [0, 0.05) is 11.6 Å². The van der Waals surface area contributed by atoms with Crippen molar-refractivity contribution in [1.29, 1.82) is 0 Å². The summed E-state index contributed by atoms with van der Waals surface area (Å²) in [5.74, 6) is 0.665. The first-order valence-electron chi connectivity index (χ1n) is 4.79. The van der Waals surface area contributed by atoms with E-state index in [1.807, 2.05) is 24.3 Å². The number of carbonyl (C=O) groups is 1. The summed E-state index contributed by atoms with van der Waals surface area (Å²) in [6.45, 7) is 0. The average Bonchev–Trinajstić information content (AvgIpc) is 2.76. The number of aromatic nitrogens is 1. The Morgan fingerprint density at radius 2 is 2.24 bits per heavy atom. The molecule has 1 N–H and O–H groups in total. The number of benzene rings is 1. The third-order valence-electron chi connectivity index (χ3n) is 2.13. The van der Waals surface area contributed by atoms with E-state index in [0.717, 1.165) is 5.69 Å². The Hall–Kier alpha value is -2.08. The van der Waals surface area contributed by atoms with Crippen molar-refractivity contribution in [2.75, 3.05) is 7.11 Å². The van der Waals surface area contributed by atoms with Crippen LogP contribution in [0.15, 0.2) is 40.8 Å². The lowest BCUT2D eigenvalue weighted by Crippen LogP contribution is -2.14. The lowest BCUT2D eigenvalue weighted by atomic mass is 10.3. The fourth-order valence-electron chi connectivity index (χ4n) is 1.45. The number of amides is 1. The van der Waals surface area contributed by atoms with Crippen LogP contribution < -0.4 is 9.54 Å². The number of methoxy groups -OCH3 is 1. The number of carboxylic acid groups (broad SMARTS) is 1. The quantitative estimate of drug-likeness (QED) is 0.888. The van der Waals surface area contributed by atoms with Gasteiger partial charge in [-0.1, -0.05) is 12.1 Å². The topological polar surface area (TPSA) is 63.8 Å². The fraction of sp³-hybridized carbons (Fsp3) is 0.0909. The zero-order valence-corrected chi connectivity index (χ0v) is 9.85. The van der Waals surface area contributed by atoms with E-state index >= 15 is 0 Å². The number of para-hydroxylation sites is 2. The van der Waals surface area contributed by atoms with E-state index in [4.69, 9.17) is 9.84 Å². The number of rotatable bonds is 2. The molecule has 2 rings (SSSR count). The molecule has 2 aromatic rings. The van der Waals surface area contributed by atoms with Crippen molar-refractivity contribution < 1.29 is 14.6 Å². The van der Waals surface area contributed by atoms with Crippen LogP contribution in [0.4, 0.5) is 4.79 Å². The highest BCUT2D eigenvalue weighted by Crippen LogP contribution is 2.20. The highest BCUT2D eigenvalue weighted by atomic mass is 32.1. The molecule has 1 aromatic heterocycles. The normalized spacial score (nSPS) is 11.5. The lowest BCUT2D eigenvalue weighted by Gasteiger charge is -2.08. The summed E-state index contributed by atoms with van der Waals surface area (Å²) in [5, 5.41) is 10.5. The molecule has 0 saturated heterocycles. The van der Waals surface area contributed by atoms with Gasteiger partial charge in [-0.05, 0) is 12.1 Å². The van der Waals surface area contributed by atoms with E-state index in [-0.39, 0.29) is 0 Å². The molecule has 0 unspecified atom stereocenters. The molecule has 0 saturated carbocycles. The van der Waals surface area contributed by atoms with E-state index < -0.39 is 6.09 Å². The zero-order chi connectivity index (χ0) is 12.3. The maximum Gasteiger partial charge on any atom is 0.433 e. The van der Waals surface area contributed by atoms with Gasteiger partial charge in [0.05, 0.1) is 12.8 Å². The van der Waals surface area contributed by atoms with Crippen molar-refractivity contribution in [1.82, 2.24) is 4.57 Å². The predicted molar refractivity (Wildman–Crippen MR) is 63.8 cm³/mol. The summed E-state index contributed by atoms with van der Waals surface area (Å²) in [7, 11) is 1.57. The third kappa shape index (κ3) is 2.36. The summed E-state index contributed by atoms with van der Waals surface area (Å²) in [5.41, 5.74) is 0.760. The molecule has 0 aliphatic carbocycles. The fourth-order valence-corrected chi connectivity index (χ4v) is 2.15. The number of ether oxygens (including phenoxy) is 1. The first-order valence-corrected chi connectivity index (χ1v) is 5.67. The van der Waals surface area contributed by atoms with Gasteiger partial charge in [0.15, 0.2) is 0 Å². The van der Waals surface area contributed by atoms with Crippen molar-refractivity contribution in [3.05, 3.63) is 40.6 Å². The SMILES string of the molecule is COc1ccccc1-n1ccs/c1=N/C(=O)O. The smallest absolute Gasteiger partial charge is 0.433 e. The molecule has 5 nitrogen and oxygen atoms in total. The lowest BCUT2D eigenvalue weighted by molar-refractivity contribution is 0.204. The van der Waals surface area contributed by atoms with Gasteiger partial charge < -0.3 is 9.84 Å². The largest absolute Gasteiger partial charge is 0.495 e. The van der Waals surface area contributed by atoms with E-state index in [0.29, 0.717) is 10.6 Å². The van der Waals surface area contributed by atoms with Crippen LogP contribution in [0.5, 0.6) is 5.75 Å². The molecule has 1 aromatic carbocycles. The van der Waals surface area contributed by atoms with E-state index in [9.17, 15) is 4.79 Å². The van der Waals surface area contributed by atoms with Crippen LogP contribution >= 0.6 is 11.3 Å². The van der Waals surface area contributed by atoms with E-state index in [1.165, 1.54) is 11.3 Å². The van der Waals surface area contributed by atoms with Gasteiger partial charge in [-0.2, -0.15) is 0 Å². The number of hydrogen-bond acceptors (Lipinski definition) is 3. The van der Waals surface area contributed by atoms with Crippen molar-refractivity contribution in [3.63, 3.8) is 0 Å². The molecule has 6 heteroatoms. The second kappa shape index (κ2) is 4.84. The molecule has 1 heterocycles. The summed E-state index contributed by atoms with van der Waals surface area (Å²) in [6.07, 6.45) is 0.542. The summed E-state index contributed by atoms with van der Waals surface area (Å²) in [4.78, 5) is 14.5. The second-order valence-corrected chi connectivity index (χ2v) is 3.99. The predicted octanol–water partition coefficient (Wildman–Crippen LogP) is 2.13. The van der Waals surface area contributed by atoms with Gasteiger partial charge in [0.25, 0.3) is 0 Å². The van der Waals surface area contributed by atoms with E-state index in [1.54, 1.807) is 23.3 Å². The molecule has 0 radical (unpaired) electrons. The van der Waals surface area contributed by atoms with Gasteiger partial charge in [-0.3, -0.25) is 4.57 Å². The van der Waals surface area contributed by atoms with Crippen LogP contribution in [0.1, 0.15) is 0 Å². The average molecular weight is 250 g/mol. The first kappa shape index (κ1) is 11.4. The Labute approximate surface area is 101 Å². The summed E-state index contributed by atoms with van der Waals surface area (Å²) < 4.78 is 6.90. The molecule has 0 atom stereocenters. The minimum atomic E-state index is -1.21. The van der Waals surface area contributed by atoms with Gasteiger partial charge in [-0.25, -0.2) is 4.79 Å².